The predicted octanol–water partition coefficient (Wildman–Crippen LogP) is 1.99. The van der Waals surface area contributed by atoms with Gasteiger partial charge in [0.1, 0.15) is 5.75 Å². The maximum absolute atomic E-state index is 12.3. The van der Waals surface area contributed by atoms with E-state index in [4.69, 9.17) is 20.8 Å². The normalized spacial score (nSPS) is 11.0. The summed E-state index contributed by atoms with van der Waals surface area (Å²) >= 11 is 5.91. The molecule has 0 saturated carbocycles. The van der Waals surface area contributed by atoms with E-state index in [0.717, 1.165) is 5.56 Å². The highest BCUT2D eigenvalue weighted by Crippen LogP contribution is 2.23. The molecule has 108 valence electrons. The molecule has 0 bridgehead atoms. The minimum atomic E-state index is -0.649. The highest BCUT2D eigenvalue weighted by atomic mass is 35.5. The van der Waals surface area contributed by atoms with Crippen molar-refractivity contribution in [3.8, 4) is 5.75 Å². The number of aromatic nitrogens is 2. The van der Waals surface area contributed by atoms with Crippen molar-refractivity contribution in [3.63, 3.8) is 0 Å². The number of hydrogen-bond donors (Lipinski definition) is 1. The van der Waals surface area contributed by atoms with Crippen molar-refractivity contribution in [3.05, 3.63) is 62.0 Å². The third kappa shape index (κ3) is 2.45. The van der Waals surface area contributed by atoms with Crippen molar-refractivity contribution in [1.82, 2.24) is 9.55 Å². The highest BCUT2D eigenvalue weighted by molar-refractivity contribution is 6.30. The van der Waals surface area contributed by atoms with Gasteiger partial charge >= 0.3 is 5.76 Å². The van der Waals surface area contributed by atoms with Crippen LogP contribution in [0.15, 0.2) is 44.5 Å². The number of fused-ring (bicyclic) bond motifs is 1. The second-order valence-corrected chi connectivity index (χ2v) is 4.90. The van der Waals surface area contributed by atoms with Gasteiger partial charge in [0, 0.05) is 16.8 Å². The second-order valence-electron chi connectivity index (χ2n) is 4.46. The number of benzene rings is 1. The Morgan fingerprint density at radius 2 is 2.14 bits per heavy atom. The molecule has 0 aliphatic carbocycles. The van der Waals surface area contributed by atoms with Crippen molar-refractivity contribution in [2.45, 2.75) is 6.54 Å². The molecule has 0 aliphatic heterocycles. The lowest BCUT2D eigenvalue weighted by molar-refractivity contribution is 0.408. The van der Waals surface area contributed by atoms with Crippen molar-refractivity contribution < 1.29 is 9.15 Å². The maximum Gasteiger partial charge on any atom is 0.417 e. The molecule has 2 aromatic heterocycles. The van der Waals surface area contributed by atoms with Crippen LogP contribution in [0.25, 0.3) is 11.1 Å². The SMILES string of the molecule is COc1cc(Cl)ccc1Cn1ccc2oc(=O)[nH]c2c1=O. The zero-order valence-corrected chi connectivity index (χ0v) is 11.8. The molecule has 0 spiro atoms. The van der Waals surface area contributed by atoms with E-state index in [9.17, 15) is 9.59 Å². The largest absolute Gasteiger partial charge is 0.496 e. The Morgan fingerprint density at radius 1 is 1.33 bits per heavy atom. The van der Waals surface area contributed by atoms with Gasteiger partial charge in [0.05, 0.1) is 13.7 Å². The summed E-state index contributed by atoms with van der Waals surface area (Å²) in [7, 11) is 1.54. The fourth-order valence-electron chi connectivity index (χ4n) is 2.14. The third-order valence-electron chi connectivity index (χ3n) is 3.15. The number of rotatable bonds is 3. The van der Waals surface area contributed by atoms with E-state index in [-0.39, 0.29) is 16.7 Å². The van der Waals surface area contributed by atoms with Gasteiger partial charge in [-0.05, 0) is 18.2 Å². The van der Waals surface area contributed by atoms with E-state index in [1.54, 1.807) is 30.5 Å². The van der Waals surface area contributed by atoms with Crippen molar-refractivity contribution in [1.29, 1.82) is 0 Å². The molecule has 0 amide bonds. The van der Waals surface area contributed by atoms with Crippen molar-refractivity contribution >= 4 is 22.7 Å². The van der Waals surface area contributed by atoms with Crippen LogP contribution in [-0.2, 0) is 6.54 Å². The summed E-state index contributed by atoms with van der Waals surface area (Å²) in [5.74, 6) is -0.0564. The molecule has 1 N–H and O–H groups in total. The third-order valence-corrected chi connectivity index (χ3v) is 3.38. The summed E-state index contributed by atoms with van der Waals surface area (Å²) in [4.78, 5) is 25.8. The number of nitrogens with zero attached hydrogens (tertiary/aromatic N) is 1. The molecule has 1 aromatic carbocycles. The molecule has 0 radical (unpaired) electrons. The van der Waals surface area contributed by atoms with Gasteiger partial charge in [0.2, 0.25) is 0 Å². The summed E-state index contributed by atoms with van der Waals surface area (Å²) < 4.78 is 11.6. The average molecular weight is 307 g/mol. The van der Waals surface area contributed by atoms with E-state index in [2.05, 4.69) is 4.98 Å². The van der Waals surface area contributed by atoms with Gasteiger partial charge in [0.15, 0.2) is 11.1 Å². The zero-order chi connectivity index (χ0) is 15.0. The van der Waals surface area contributed by atoms with Crippen LogP contribution in [-0.4, -0.2) is 16.7 Å². The molecule has 3 aromatic rings. The lowest BCUT2D eigenvalue weighted by Crippen LogP contribution is -2.20. The summed E-state index contributed by atoms with van der Waals surface area (Å²) in [6.45, 7) is 0.294. The van der Waals surface area contributed by atoms with Crippen LogP contribution >= 0.6 is 11.6 Å². The minimum Gasteiger partial charge on any atom is -0.496 e. The monoisotopic (exact) mass is 306 g/mol. The molecular formula is C14H11ClN2O4. The number of nitrogens with one attached hydrogen (secondary N) is 1. The Bertz CT molecular complexity index is 923. The molecule has 7 heteroatoms. The standard InChI is InChI=1S/C14H11ClN2O4/c1-20-11-6-9(15)3-2-8(11)7-17-5-4-10-12(13(17)18)16-14(19)21-10/h2-6H,7H2,1H3,(H,16,19). The van der Waals surface area contributed by atoms with E-state index in [1.807, 2.05) is 0 Å². The Labute approximate surface area is 123 Å². The predicted molar refractivity (Wildman–Crippen MR) is 78.2 cm³/mol. The number of oxazole rings is 1. The topological polar surface area (TPSA) is 77.2 Å². The van der Waals surface area contributed by atoms with Gasteiger partial charge in [-0.25, -0.2) is 4.79 Å². The van der Waals surface area contributed by atoms with Crippen LogP contribution in [0.1, 0.15) is 5.56 Å². The van der Waals surface area contributed by atoms with Gasteiger partial charge in [-0.2, -0.15) is 0 Å². The first-order valence-electron chi connectivity index (χ1n) is 6.13. The molecule has 2 heterocycles. The summed E-state index contributed by atoms with van der Waals surface area (Å²) in [6, 6.07) is 6.76. The number of halogens is 1. The second kappa shape index (κ2) is 5.14. The fourth-order valence-corrected chi connectivity index (χ4v) is 2.30. The molecule has 0 aliphatic rings. The number of methoxy groups -OCH3 is 1. The molecule has 21 heavy (non-hydrogen) atoms. The number of pyridine rings is 1. The Balaban J connectivity index is 2.08. The first-order valence-corrected chi connectivity index (χ1v) is 6.51. The maximum atomic E-state index is 12.3. The van der Waals surface area contributed by atoms with E-state index in [0.29, 0.717) is 17.3 Å². The lowest BCUT2D eigenvalue weighted by Gasteiger charge is -2.10. The number of aromatic amines is 1. The first kappa shape index (κ1) is 13.5. The average Bonchev–Trinajstić information content (AvgIpc) is 2.85. The fraction of sp³-hybridized carbons (Fsp3) is 0.143. The van der Waals surface area contributed by atoms with E-state index >= 15 is 0 Å². The number of hydrogen-bond acceptors (Lipinski definition) is 4. The van der Waals surface area contributed by atoms with Gasteiger partial charge < -0.3 is 13.7 Å². The summed E-state index contributed by atoms with van der Waals surface area (Å²) in [5.41, 5.74) is 0.851. The Hall–Kier alpha value is -2.47. The van der Waals surface area contributed by atoms with Crippen LogP contribution in [0.3, 0.4) is 0 Å². The van der Waals surface area contributed by atoms with Gasteiger partial charge in [0.25, 0.3) is 5.56 Å². The first-order chi connectivity index (χ1) is 10.1. The van der Waals surface area contributed by atoms with E-state index < -0.39 is 5.76 Å². The van der Waals surface area contributed by atoms with Crippen LogP contribution in [0.2, 0.25) is 5.02 Å². The molecule has 6 nitrogen and oxygen atoms in total. The van der Waals surface area contributed by atoms with Crippen LogP contribution < -0.4 is 16.1 Å². The smallest absolute Gasteiger partial charge is 0.417 e. The van der Waals surface area contributed by atoms with Gasteiger partial charge in [-0.1, -0.05) is 17.7 Å². The molecule has 0 unspecified atom stereocenters. The lowest BCUT2D eigenvalue weighted by atomic mass is 10.2. The molecular weight excluding hydrogens is 296 g/mol. The van der Waals surface area contributed by atoms with Crippen LogP contribution in [0.4, 0.5) is 0 Å². The quantitative estimate of drug-likeness (QED) is 0.803. The van der Waals surface area contributed by atoms with Gasteiger partial charge in [-0.3, -0.25) is 9.78 Å². The van der Waals surface area contributed by atoms with Crippen LogP contribution in [0, 0.1) is 0 Å². The number of ether oxygens (including phenoxy) is 1. The zero-order valence-electron chi connectivity index (χ0n) is 11.1. The molecule has 0 atom stereocenters. The van der Waals surface area contributed by atoms with Crippen LogP contribution in [0.5, 0.6) is 5.75 Å². The van der Waals surface area contributed by atoms with Crippen molar-refractivity contribution in [2.75, 3.05) is 7.11 Å². The molecule has 0 fully saturated rings. The van der Waals surface area contributed by atoms with Crippen molar-refractivity contribution in [2.24, 2.45) is 0 Å². The highest BCUT2D eigenvalue weighted by Gasteiger charge is 2.10. The van der Waals surface area contributed by atoms with E-state index in [1.165, 1.54) is 11.7 Å². The Kier molecular flexibility index (Phi) is 3.31. The molecule has 3 rings (SSSR count). The molecule has 0 saturated heterocycles. The summed E-state index contributed by atoms with van der Waals surface area (Å²) in [6.07, 6.45) is 1.56. The number of H-pyrrole nitrogens is 1. The Morgan fingerprint density at radius 3 is 2.90 bits per heavy atom. The van der Waals surface area contributed by atoms with Gasteiger partial charge in [-0.15, -0.1) is 0 Å². The minimum absolute atomic E-state index is 0.149. The summed E-state index contributed by atoms with van der Waals surface area (Å²) in [5, 5.41) is 0.553.